The molecule has 3 aromatic rings. The van der Waals surface area contributed by atoms with Crippen LogP contribution < -0.4 is 16.0 Å². The molecule has 2 aliphatic rings. The Kier molecular flexibility index (Phi) is 10.2. The highest BCUT2D eigenvalue weighted by Gasteiger charge is 2.42. The summed E-state index contributed by atoms with van der Waals surface area (Å²) in [6.45, 7) is 1.74. The molecule has 2 aromatic carbocycles. The number of H-pyrrole nitrogens is 1. The monoisotopic (exact) mass is 614 g/mol. The molecule has 2 aliphatic carbocycles. The predicted molar refractivity (Wildman–Crippen MR) is 170 cm³/mol. The van der Waals surface area contributed by atoms with Gasteiger partial charge in [0.2, 0.25) is 11.8 Å². The van der Waals surface area contributed by atoms with E-state index in [0.717, 1.165) is 72.7 Å². The molecule has 2 bridgehead atoms. The first kappa shape index (κ1) is 31.8. The lowest BCUT2D eigenvalue weighted by Gasteiger charge is -2.42. The van der Waals surface area contributed by atoms with Gasteiger partial charge in [-0.1, -0.05) is 61.4 Å². The first-order valence-corrected chi connectivity index (χ1v) is 15.8. The number of aromatic amines is 1. The molecule has 1 aromatic heterocycles. The van der Waals surface area contributed by atoms with Crippen molar-refractivity contribution in [3.63, 3.8) is 0 Å². The fraction of sp³-hybridized carbons (Fsp3) is 0.429. The van der Waals surface area contributed by atoms with Gasteiger partial charge in [0.1, 0.15) is 11.6 Å². The minimum atomic E-state index is -1.39. The third kappa shape index (κ3) is 8.32. The summed E-state index contributed by atoms with van der Waals surface area (Å²) in [5, 5.41) is 18.5. The number of hydrogen-bond acceptors (Lipinski definition) is 5. The Morgan fingerprint density at radius 3 is 2.33 bits per heavy atom. The molecular formula is C35H42N4O6. The van der Waals surface area contributed by atoms with Crippen LogP contribution >= 0.6 is 0 Å². The average Bonchev–Trinajstić information content (AvgIpc) is 3.41. The van der Waals surface area contributed by atoms with Crippen molar-refractivity contribution in [3.8, 4) is 0 Å². The third-order valence-electron chi connectivity index (χ3n) is 9.13. The number of carboxylic acids is 1. The van der Waals surface area contributed by atoms with E-state index in [4.69, 9.17) is 9.84 Å². The molecule has 2 unspecified atom stereocenters. The summed E-state index contributed by atoms with van der Waals surface area (Å²) < 4.78 is 6.09. The van der Waals surface area contributed by atoms with Crippen molar-refractivity contribution in [2.45, 2.75) is 76.0 Å². The van der Waals surface area contributed by atoms with Gasteiger partial charge in [0.05, 0.1) is 6.04 Å². The van der Waals surface area contributed by atoms with E-state index in [0.29, 0.717) is 18.3 Å². The van der Waals surface area contributed by atoms with Crippen LogP contribution in [0.5, 0.6) is 0 Å². The van der Waals surface area contributed by atoms with E-state index >= 15 is 0 Å². The highest BCUT2D eigenvalue weighted by Crippen LogP contribution is 2.41. The van der Waals surface area contributed by atoms with Gasteiger partial charge in [-0.05, 0) is 68.1 Å². The van der Waals surface area contributed by atoms with Crippen molar-refractivity contribution in [2.24, 2.45) is 11.8 Å². The van der Waals surface area contributed by atoms with Gasteiger partial charge in [-0.25, -0.2) is 9.59 Å². The van der Waals surface area contributed by atoms with Gasteiger partial charge in [-0.15, -0.1) is 0 Å². The first-order valence-electron chi connectivity index (χ1n) is 15.8. The average molecular weight is 615 g/mol. The Morgan fingerprint density at radius 1 is 0.978 bits per heavy atom. The second-order valence-electron chi connectivity index (χ2n) is 12.5. The fourth-order valence-corrected chi connectivity index (χ4v) is 6.87. The summed E-state index contributed by atoms with van der Waals surface area (Å²) in [5.41, 5.74) is 1.33. The van der Waals surface area contributed by atoms with Gasteiger partial charge in [-0.2, -0.15) is 0 Å². The van der Waals surface area contributed by atoms with Gasteiger partial charge < -0.3 is 30.8 Å². The second-order valence-corrected chi connectivity index (χ2v) is 12.5. The third-order valence-corrected chi connectivity index (χ3v) is 9.13. The standard InChI is InChI=1S/C35H42N4O6/c1-35(20-26-21-36-29-16-6-5-15-28(26)29,39-34(44)45-32-24-11-7-12-25(32)14-8-13-24)33(43)38-27(19-23-9-3-2-4-10-23)22-37-30(40)17-18-31(41)42/h2-6,9-10,15-18,21,24-25,27,32,36H,7-8,11-14,19-20,22H2,1H3,(H,37,40)(H,38,43)(H,39,44)(H,41,42). The number of carbonyl (C=O) groups is 4. The maximum absolute atomic E-state index is 14.2. The van der Waals surface area contributed by atoms with E-state index in [1.54, 1.807) is 6.92 Å². The number of benzene rings is 2. The van der Waals surface area contributed by atoms with E-state index in [1.165, 1.54) is 0 Å². The quantitative estimate of drug-likeness (QED) is 0.188. The molecule has 0 spiro atoms. The number of aliphatic carboxylic acids is 1. The first-order chi connectivity index (χ1) is 21.7. The highest BCUT2D eigenvalue weighted by molar-refractivity contribution is 5.94. The van der Waals surface area contributed by atoms with E-state index in [2.05, 4.69) is 20.9 Å². The summed E-state index contributed by atoms with van der Waals surface area (Å²) in [4.78, 5) is 54.1. The van der Waals surface area contributed by atoms with Crippen LogP contribution in [0.3, 0.4) is 0 Å². The number of nitrogens with one attached hydrogen (secondary N) is 4. The van der Waals surface area contributed by atoms with Crippen molar-refractivity contribution >= 4 is 34.8 Å². The number of carboxylic acid groups (broad SMARTS) is 1. The van der Waals surface area contributed by atoms with E-state index in [1.807, 2.05) is 60.8 Å². The molecule has 45 heavy (non-hydrogen) atoms. The molecule has 2 fully saturated rings. The Morgan fingerprint density at radius 2 is 1.64 bits per heavy atom. The molecule has 2 saturated carbocycles. The van der Waals surface area contributed by atoms with E-state index in [-0.39, 0.29) is 19.1 Å². The summed E-state index contributed by atoms with van der Waals surface area (Å²) in [6.07, 6.45) is 9.90. The van der Waals surface area contributed by atoms with Crippen LogP contribution in [0, 0.1) is 11.8 Å². The number of ether oxygens (including phenoxy) is 1. The molecule has 0 saturated heterocycles. The van der Waals surface area contributed by atoms with Crippen molar-refractivity contribution < 1.29 is 29.0 Å². The molecule has 1 heterocycles. The summed E-state index contributed by atoms with van der Waals surface area (Å²) in [6, 6.07) is 16.8. The number of hydrogen-bond donors (Lipinski definition) is 5. The Balaban J connectivity index is 1.37. The number of carbonyl (C=O) groups excluding carboxylic acids is 3. The molecule has 5 rings (SSSR count). The minimum absolute atomic E-state index is 0.0441. The molecule has 3 amide bonds. The normalized spacial score (nSPS) is 21.4. The van der Waals surface area contributed by atoms with Crippen molar-refractivity contribution in [3.05, 3.63) is 84.1 Å². The van der Waals surface area contributed by atoms with Crippen molar-refractivity contribution in [2.75, 3.05) is 6.54 Å². The molecule has 10 heteroatoms. The van der Waals surface area contributed by atoms with Gasteiger partial charge >= 0.3 is 12.1 Å². The number of alkyl carbamates (subject to hydrolysis) is 1. The number of para-hydroxylation sites is 1. The summed E-state index contributed by atoms with van der Waals surface area (Å²) in [7, 11) is 0. The zero-order valence-corrected chi connectivity index (χ0v) is 25.6. The molecular weight excluding hydrogens is 572 g/mol. The van der Waals surface area contributed by atoms with Gasteiger partial charge in [-0.3, -0.25) is 9.59 Å². The Labute approximate surface area is 263 Å². The summed E-state index contributed by atoms with van der Waals surface area (Å²) >= 11 is 0. The number of fused-ring (bicyclic) bond motifs is 3. The number of aromatic nitrogens is 1. The van der Waals surface area contributed by atoms with Crippen LogP contribution in [0.1, 0.15) is 56.6 Å². The summed E-state index contributed by atoms with van der Waals surface area (Å²) in [5.74, 6) is -1.55. The largest absolute Gasteiger partial charge is 0.478 e. The van der Waals surface area contributed by atoms with Gasteiger partial charge in [0.15, 0.2) is 0 Å². The molecule has 0 aliphatic heterocycles. The molecule has 5 N–H and O–H groups in total. The number of rotatable bonds is 12. The molecule has 238 valence electrons. The van der Waals surface area contributed by atoms with Gasteiger partial charge in [0.25, 0.3) is 0 Å². The minimum Gasteiger partial charge on any atom is -0.478 e. The van der Waals surface area contributed by atoms with Crippen LogP contribution in [-0.2, 0) is 32.0 Å². The smallest absolute Gasteiger partial charge is 0.408 e. The zero-order valence-electron chi connectivity index (χ0n) is 25.6. The maximum atomic E-state index is 14.2. The zero-order chi connectivity index (χ0) is 31.8. The molecule has 0 radical (unpaired) electrons. The Bertz CT molecular complexity index is 1510. The van der Waals surface area contributed by atoms with Crippen LogP contribution in [0.15, 0.2) is 72.9 Å². The van der Waals surface area contributed by atoms with Crippen molar-refractivity contribution in [1.29, 1.82) is 0 Å². The lowest BCUT2D eigenvalue weighted by Crippen LogP contribution is -2.61. The predicted octanol–water partition coefficient (Wildman–Crippen LogP) is 4.65. The molecule has 2 atom stereocenters. The van der Waals surface area contributed by atoms with E-state index < -0.39 is 35.5 Å². The topological polar surface area (TPSA) is 150 Å². The molecule has 10 nitrogen and oxygen atoms in total. The Hall–Kier alpha value is -4.60. The van der Waals surface area contributed by atoms with Crippen molar-refractivity contribution in [1.82, 2.24) is 20.9 Å². The lowest BCUT2D eigenvalue weighted by molar-refractivity contribution is -0.131. The van der Waals surface area contributed by atoms with Crippen LogP contribution in [-0.4, -0.2) is 58.2 Å². The fourth-order valence-electron chi connectivity index (χ4n) is 6.87. The maximum Gasteiger partial charge on any atom is 0.408 e. The highest BCUT2D eigenvalue weighted by atomic mass is 16.6. The number of amides is 3. The van der Waals surface area contributed by atoms with Gasteiger partial charge in [0, 0.05) is 42.2 Å². The van der Waals surface area contributed by atoms with E-state index in [9.17, 15) is 19.2 Å². The van der Waals surface area contributed by atoms with Crippen LogP contribution in [0.2, 0.25) is 0 Å². The second kappa shape index (κ2) is 14.5. The van der Waals surface area contributed by atoms with Crippen LogP contribution in [0.4, 0.5) is 4.79 Å². The lowest BCUT2D eigenvalue weighted by atomic mass is 9.70. The SMILES string of the molecule is CC(Cc1c[nH]c2ccccc12)(NC(=O)OC1C2CCCC1CCC2)C(=O)NC(CNC(=O)C=CC(=O)O)Cc1ccccc1. The van der Waals surface area contributed by atoms with Crippen LogP contribution in [0.25, 0.3) is 10.9 Å².